The lowest BCUT2D eigenvalue weighted by atomic mass is 10.1. The first kappa shape index (κ1) is 13.4. The smallest absolute Gasteiger partial charge is 0.191 e. The predicted molar refractivity (Wildman–Crippen MR) is 83.0 cm³/mol. The van der Waals surface area contributed by atoms with Gasteiger partial charge in [0, 0.05) is 35.0 Å². The molecule has 2 heterocycles. The van der Waals surface area contributed by atoms with E-state index < -0.39 is 0 Å². The summed E-state index contributed by atoms with van der Waals surface area (Å²) in [5.74, 6) is 0.665. The fourth-order valence-electron chi connectivity index (χ4n) is 1.98. The SMILES string of the molecule is Cc1nc(-c2ccc(NCc3cc(C#N)cs3)cc2)co1. The molecule has 0 bridgehead atoms. The van der Waals surface area contributed by atoms with E-state index in [2.05, 4.69) is 16.4 Å². The lowest BCUT2D eigenvalue weighted by Crippen LogP contribution is -1.96. The van der Waals surface area contributed by atoms with Crippen LogP contribution >= 0.6 is 11.3 Å². The van der Waals surface area contributed by atoms with Gasteiger partial charge < -0.3 is 9.73 Å². The zero-order chi connectivity index (χ0) is 14.7. The molecule has 0 atom stereocenters. The number of thiophene rings is 1. The van der Waals surface area contributed by atoms with E-state index in [-0.39, 0.29) is 0 Å². The van der Waals surface area contributed by atoms with Crippen molar-refractivity contribution in [1.82, 2.24) is 4.98 Å². The zero-order valence-electron chi connectivity index (χ0n) is 11.5. The van der Waals surface area contributed by atoms with Crippen molar-refractivity contribution in [3.63, 3.8) is 0 Å². The van der Waals surface area contributed by atoms with Gasteiger partial charge in [-0.25, -0.2) is 4.98 Å². The molecule has 1 aromatic carbocycles. The van der Waals surface area contributed by atoms with Crippen molar-refractivity contribution in [3.05, 3.63) is 58.3 Å². The Morgan fingerprint density at radius 1 is 1.33 bits per heavy atom. The van der Waals surface area contributed by atoms with Crippen LogP contribution in [0.3, 0.4) is 0 Å². The summed E-state index contributed by atoms with van der Waals surface area (Å²) in [6.07, 6.45) is 1.66. The molecule has 0 spiro atoms. The largest absolute Gasteiger partial charge is 0.449 e. The molecule has 3 aromatic rings. The number of nitrogens with zero attached hydrogens (tertiary/aromatic N) is 2. The first-order chi connectivity index (χ1) is 10.2. The van der Waals surface area contributed by atoms with Crippen LogP contribution in [0.2, 0.25) is 0 Å². The lowest BCUT2D eigenvalue weighted by molar-refractivity contribution is 0.521. The summed E-state index contributed by atoms with van der Waals surface area (Å²) in [6, 6.07) is 12.1. The fourth-order valence-corrected chi connectivity index (χ4v) is 2.73. The van der Waals surface area contributed by atoms with E-state index >= 15 is 0 Å². The molecule has 0 fully saturated rings. The maximum atomic E-state index is 8.80. The Labute approximate surface area is 126 Å². The minimum Gasteiger partial charge on any atom is -0.449 e. The molecule has 0 unspecified atom stereocenters. The van der Waals surface area contributed by atoms with Gasteiger partial charge in [-0.3, -0.25) is 0 Å². The summed E-state index contributed by atoms with van der Waals surface area (Å²) in [7, 11) is 0. The number of nitrogens with one attached hydrogen (secondary N) is 1. The van der Waals surface area contributed by atoms with Crippen LogP contribution in [0.1, 0.15) is 16.3 Å². The van der Waals surface area contributed by atoms with Gasteiger partial charge in [0.05, 0.1) is 5.56 Å². The van der Waals surface area contributed by atoms with Crippen molar-refractivity contribution < 1.29 is 4.42 Å². The fraction of sp³-hybridized carbons (Fsp3) is 0.125. The number of hydrogen-bond acceptors (Lipinski definition) is 5. The van der Waals surface area contributed by atoms with Gasteiger partial charge in [-0.15, -0.1) is 11.3 Å². The number of nitriles is 1. The van der Waals surface area contributed by atoms with Gasteiger partial charge >= 0.3 is 0 Å². The monoisotopic (exact) mass is 295 g/mol. The first-order valence-corrected chi connectivity index (χ1v) is 7.36. The normalized spacial score (nSPS) is 10.3. The van der Waals surface area contributed by atoms with E-state index in [1.165, 1.54) is 0 Å². The Morgan fingerprint density at radius 3 is 2.76 bits per heavy atom. The van der Waals surface area contributed by atoms with Gasteiger partial charge in [0.15, 0.2) is 5.89 Å². The van der Waals surface area contributed by atoms with Crippen LogP contribution in [0.5, 0.6) is 0 Å². The van der Waals surface area contributed by atoms with Crippen molar-refractivity contribution >= 4 is 17.0 Å². The summed E-state index contributed by atoms with van der Waals surface area (Å²) in [4.78, 5) is 5.44. The molecule has 0 aliphatic heterocycles. The molecule has 0 aliphatic rings. The molecule has 3 rings (SSSR count). The highest BCUT2D eigenvalue weighted by molar-refractivity contribution is 7.10. The molecule has 0 saturated carbocycles. The highest BCUT2D eigenvalue weighted by atomic mass is 32.1. The molecular formula is C16H13N3OS. The zero-order valence-corrected chi connectivity index (χ0v) is 12.3. The third kappa shape index (κ3) is 3.12. The third-order valence-electron chi connectivity index (χ3n) is 3.05. The van der Waals surface area contributed by atoms with Crippen molar-refractivity contribution in [2.24, 2.45) is 0 Å². The predicted octanol–water partition coefficient (Wildman–Crippen LogP) is 4.20. The molecular weight excluding hydrogens is 282 g/mol. The van der Waals surface area contributed by atoms with E-state index in [1.54, 1.807) is 17.6 Å². The standard InChI is InChI=1S/C16H13N3OS/c1-11-19-16(9-20-11)13-2-4-14(5-3-13)18-8-15-6-12(7-17)10-21-15/h2-6,9-10,18H,8H2,1H3. The number of oxazole rings is 1. The highest BCUT2D eigenvalue weighted by Crippen LogP contribution is 2.21. The van der Waals surface area contributed by atoms with Gasteiger partial charge in [0.2, 0.25) is 0 Å². The number of rotatable bonds is 4. The maximum absolute atomic E-state index is 8.80. The minimum atomic E-state index is 0.665. The Hall–Kier alpha value is -2.58. The van der Waals surface area contributed by atoms with Crippen molar-refractivity contribution in [3.8, 4) is 17.3 Å². The number of aromatic nitrogens is 1. The minimum absolute atomic E-state index is 0.665. The number of anilines is 1. The quantitative estimate of drug-likeness (QED) is 0.783. The van der Waals surface area contributed by atoms with Crippen LogP contribution in [-0.2, 0) is 6.54 Å². The van der Waals surface area contributed by atoms with Gasteiger partial charge in [-0.05, 0) is 18.2 Å². The summed E-state index contributed by atoms with van der Waals surface area (Å²) < 4.78 is 5.22. The van der Waals surface area contributed by atoms with Crippen molar-refractivity contribution in [2.45, 2.75) is 13.5 Å². The average molecular weight is 295 g/mol. The summed E-state index contributed by atoms with van der Waals surface area (Å²) >= 11 is 1.59. The van der Waals surface area contributed by atoms with Crippen molar-refractivity contribution in [1.29, 1.82) is 5.26 Å². The maximum Gasteiger partial charge on any atom is 0.191 e. The molecule has 0 aliphatic carbocycles. The van der Waals surface area contributed by atoms with E-state index in [9.17, 15) is 0 Å². The molecule has 4 nitrogen and oxygen atoms in total. The van der Waals surface area contributed by atoms with Gasteiger partial charge in [-0.1, -0.05) is 12.1 Å². The Balaban J connectivity index is 1.66. The van der Waals surface area contributed by atoms with E-state index in [1.807, 2.05) is 42.6 Å². The molecule has 0 amide bonds. The van der Waals surface area contributed by atoms with Crippen LogP contribution in [0.25, 0.3) is 11.3 Å². The summed E-state index contributed by atoms with van der Waals surface area (Å²) in [5, 5.41) is 14.0. The summed E-state index contributed by atoms with van der Waals surface area (Å²) in [5.41, 5.74) is 3.62. The molecule has 104 valence electrons. The topological polar surface area (TPSA) is 61.9 Å². The van der Waals surface area contributed by atoms with Crippen molar-refractivity contribution in [2.75, 3.05) is 5.32 Å². The van der Waals surface area contributed by atoms with Crippen LogP contribution in [0.15, 0.2) is 46.4 Å². The van der Waals surface area contributed by atoms with Crippen LogP contribution in [0.4, 0.5) is 5.69 Å². The van der Waals surface area contributed by atoms with E-state index in [0.717, 1.165) is 28.4 Å². The van der Waals surface area contributed by atoms with E-state index in [0.29, 0.717) is 11.5 Å². The second-order valence-electron chi connectivity index (χ2n) is 4.60. The average Bonchev–Trinajstić information content (AvgIpc) is 3.14. The molecule has 21 heavy (non-hydrogen) atoms. The van der Waals surface area contributed by atoms with Gasteiger partial charge in [0.1, 0.15) is 18.0 Å². The number of aryl methyl sites for hydroxylation is 1. The number of hydrogen-bond donors (Lipinski definition) is 1. The first-order valence-electron chi connectivity index (χ1n) is 6.48. The van der Waals surface area contributed by atoms with Crippen LogP contribution in [0, 0.1) is 18.3 Å². The Morgan fingerprint density at radius 2 is 2.14 bits per heavy atom. The van der Waals surface area contributed by atoms with Crippen LogP contribution < -0.4 is 5.32 Å². The van der Waals surface area contributed by atoms with Crippen LogP contribution in [-0.4, -0.2) is 4.98 Å². The molecule has 5 heteroatoms. The Bertz CT molecular complexity index is 780. The molecule has 0 radical (unpaired) electrons. The van der Waals surface area contributed by atoms with Gasteiger partial charge in [0.25, 0.3) is 0 Å². The molecule has 2 aromatic heterocycles. The van der Waals surface area contributed by atoms with E-state index in [4.69, 9.17) is 9.68 Å². The lowest BCUT2D eigenvalue weighted by Gasteiger charge is -2.05. The number of benzene rings is 1. The molecule has 0 saturated heterocycles. The molecule has 1 N–H and O–H groups in total. The second kappa shape index (κ2) is 5.81. The Kier molecular flexibility index (Phi) is 3.71. The van der Waals surface area contributed by atoms with Gasteiger partial charge in [-0.2, -0.15) is 5.26 Å². The second-order valence-corrected chi connectivity index (χ2v) is 5.59. The summed E-state index contributed by atoms with van der Waals surface area (Å²) in [6.45, 7) is 2.55. The third-order valence-corrected chi connectivity index (χ3v) is 3.99. The highest BCUT2D eigenvalue weighted by Gasteiger charge is 2.03.